The van der Waals surface area contributed by atoms with Gasteiger partial charge in [-0.3, -0.25) is 0 Å². The quantitative estimate of drug-likeness (QED) is 0.606. The van der Waals surface area contributed by atoms with E-state index < -0.39 is 0 Å². The number of benzene rings is 1. The lowest BCUT2D eigenvalue weighted by Crippen LogP contribution is -2.10. The molecule has 1 aromatic carbocycles. The first-order valence-corrected chi connectivity index (χ1v) is 4.34. The summed E-state index contributed by atoms with van der Waals surface area (Å²) in [5.41, 5.74) is 2.35. The zero-order valence-electron chi connectivity index (χ0n) is 7.07. The Labute approximate surface area is 76.8 Å². The molecule has 3 rings (SSSR count). The van der Waals surface area contributed by atoms with Gasteiger partial charge in [0.15, 0.2) is 0 Å². The summed E-state index contributed by atoms with van der Waals surface area (Å²) in [6.07, 6.45) is 2.35. The molecule has 2 nitrogen and oxygen atoms in total. The Hall–Kier alpha value is -1.28. The molecule has 13 heavy (non-hydrogen) atoms. The summed E-state index contributed by atoms with van der Waals surface area (Å²) >= 11 is 0. The Bertz CT molecular complexity index is 364. The number of para-hydroxylation sites is 1. The van der Waals surface area contributed by atoms with Crippen molar-refractivity contribution in [1.82, 2.24) is 0 Å². The second-order valence-corrected chi connectivity index (χ2v) is 3.24. The number of ether oxygens (including phenoxy) is 2. The fourth-order valence-electron chi connectivity index (χ4n) is 1.51. The van der Waals surface area contributed by atoms with Gasteiger partial charge in [-0.05, 0) is 17.7 Å². The Balaban J connectivity index is 2.01. The van der Waals surface area contributed by atoms with E-state index in [1.165, 1.54) is 5.57 Å². The molecule has 1 saturated heterocycles. The largest absolute Gasteiger partial charge is 0.489 e. The summed E-state index contributed by atoms with van der Waals surface area (Å²) in [4.78, 5) is 0. The van der Waals surface area contributed by atoms with Gasteiger partial charge in [-0.25, -0.2) is 0 Å². The summed E-state index contributed by atoms with van der Waals surface area (Å²) in [6, 6.07) is 8.04. The van der Waals surface area contributed by atoms with E-state index in [1.54, 1.807) is 0 Å². The number of hydrogen-bond donors (Lipinski definition) is 0. The highest BCUT2D eigenvalue weighted by atomic mass is 16.6. The molecule has 0 aromatic heterocycles. The van der Waals surface area contributed by atoms with Gasteiger partial charge in [-0.2, -0.15) is 0 Å². The summed E-state index contributed by atoms with van der Waals surface area (Å²) in [7, 11) is 0. The van der Waals surface area contributed by atoms with Crippen molar-refractivity contribution in [2.24, 2.45) is 0 Å². The molecule has 0 aliphatic carbocycles. The van der Waals surface area contributed by atoms with Gasteiger partial charge in [0.1, 0.15) is 25.1 Å². The van der Waals surface area contributed by atoms with Crippen molar-refractivity contribution in [2.75, 3.05) is 6.61 Å². The summed E-state index contributed by atoms with van der Waals surface area (Å²) in [5, 5.41) is 0. The minimum absolute atomic E-state index is 0.202. The first-order chi connectivity index (χ1) is 6.43. The van der Waals surface area contributed by atoms with Crippen molar-refractivity contribution in [1.29, 1.82) is 0 Å². The lowest BCUT2D eigenvalue weighted by atomic mass is 10.1. The molecule has 2 heteroatoms. The molecule has 2 aliphatic heterocycles. The fraction of sp³-hybridized carbons (Fsp3) is 0.182. The standard InChI is InChI=1S/C11H9O2/c1-2-4-10-8(3-1)5-9(6-12-10)11-7-13-11/h1-5,7,11H,6H2. The van der Waals surface area contributed by atoms with Crippen LogP contribution < -0.4 is 4.74 Å². The third-order valence-corrected chi connectivity index (χ3v) is 2.29. The minimum atomic E-state index is 0.202. The summed E-state index contributed by atoms with van der Waals surface area (Å²) in [6.45, 7) is 2.47. The summed E-state index contributed by atoms with van der Waals surface area (Å²) < 4.78 is 10.7. The molecule has 2 aliphatic rings. The first kappa shape index (κ1) is 7.15. The molecule has 0 N–H and O–H groups in total. The zero-order chi connectivity index (χ0) is 8.67. The Kier molecular flexibility index (Phi) is 1.43. The lowest BCUT2D eigenvalue weighted by molar-refractivity contribution is 0.329. The zero-order valence-corrected chi connectivity index (χ0v) is 7.07. The highest BCUT2D eigenvalue weighted by molar-refractivity contribution is 5.63. The third kappa shape index (κ3) is 1.23. The van der Waals surface area contributed by atoms with E-state index in [-0.39, 0.29) is 6.10 Å². The minimum Gasteiger partial charge on any atom is -0.489 e. The second kappa shape index (κ2) is 2.60. The maximum atomic E-state index is 5.57. The monoisotopic (exact) mass is 173 g/mol. The van der Waals surface area contributed by atoms with Crippen LogP contribution in [-0.4, -0.2) is 12.7 Å². The predicted octanol–water partition coefficient (Wildman–Crippen LogP) is 2.02. The SMILES string of the molecule is [CH]1OC1C1=Cc2ccccc2OC1. The molecule has 0 saturated carbocycles. The molecule has 1 fully saturated rings. The molecule has 1 atom stereocenters. The molecule has 1 aromatic rings. The maximum absolute atomic E-state index is 5.57. The van der Waals surface area contributed by atoms with E-state index in [0.717, 1.165) is 11.3 Å². The smallest absolute Gasteiger partial charge is 0.127 e. The molecule has 1 unspecified atom stereocenters. The van der Waals surface area contributed by atoms with Gasteiger partial charge in [0.2, 0.25) is 0 Å². The molecule has 0 amide bonds. The number of rotatable bonds is 1. The average molecular weight is 173 g/mol. The van der Waals surface area contributed by atoms with Crippen molar-refractivity contribution >= 4 is 6.08 Å². The topological polar surface area (TPSA) is 21.8 Å². The second-order valence-electron chi connectivity index (χ2n) is 3.24. The fourth-order valence-corrected chi connectivity index (χ4v) is 1.51. The third-order valence-electron chi connectivity index (χ3n) is 2.29. The van der Waals surface area contributed by atoms with Gasteiger partial charge in [0.05, 0.1) is 0 Å². The van der Waals surface area contributed by atoms with Crippen molar-refractivity contribution < 1.29 is 9.47 Å². The molecular weight excluding hydrogens is 164 g/mol. The van der Waals surface area contributed by atoms with Crippen LogP contribution in [-0.2, 0) is 4.74 Å². The van der Waals surface area contributed by atoms with Crippen LogP contribution in [0.3, 0.4) is 0 Å². The molecular formula is C11H9O2. The van der Waals surface area contributed by atoms with E-state index in [2.05, 4.69) is 12.1 Å². The lowest BCUT2D eigenvalue weighted by Gasteiger charge is -2.16. The predicted molar refractivity (Wildman–Crippen MR) is 49.1 cm³/mol. The highest BCUT2D eigenvalue weighted by Gasteiger charge is 2.30. The van der Waals surface area contributed by atoms with Crippen molar-refractivity contribution in [3.63, 3.8) is 0 Å². The molecule has 0 bridgehead atoms. The van der Waals surface area contributed by atoms with Gasteiger partial charge in [-0.15, -0.1) is 0 Å². The van der Waals surface area contributed by atoms with Crippen molar-refractivity contribution in [2.45, 2.75) is 6.10 Å². The van der Waals surface area contributed by atoms with E-state index in [1.807, 2.05) is 24.8 Å². The van der Waals surface area contributed by atoms with E-state index >= 15 is 0 Å². The van der Waals surface area contributed by atoms with Gasteiger partial charge >= 0.3 is 0 Å². The van der Waals surface area contributed by atoms with Crippen LogP contribution >= 0.6 is 0 Å². The molecule has 2 heterocycles. The average Bonchev–Trinajstić information content (AvgIpc) is 3.00. The number of epoxide rings is 1. The molecule has 0 spiro atoms. The number of hydrogen-bond acceptors (Lipinski definition) is 2. The maximum Gasteiger partial charge on any atom is 0.127 e. The van der Waals surface area contributed by atoms with Crippen LogP contribution in [0.2, 0.25) is 0 Å². The number of fused-ring (bicyclic) bond motifs is 1. The van der Waals surface area contributed by atoms with Crippen molar-refractivity contribution in [3.05, 3.63) is 42.0 Å². The normalized spacial score (nSPS) is 24.3. The van der Waals surface area contributed by atoms with Crippen LogP contribution in [0.25, 0.3) is 6.08 Å². The Morgan fingerprint density at radius 3 is 2.92 bits per heavy atom. The summed E-state index contributed by atoms with van der Waals surface area (Å²) in [5.74, 6) is 0.965. The van der Waals surface area contributed by atoms with Crippen LogP contribution in [0, 0.1) is 6.61 Å². The van der Waals surface area contributed by atoms with Crippen molar-refractivity contribution in [3.8, 4) is 5.75 Å². The Morgan fingerprint density at radius 2 is 2.08 bits per heavy atom. The van der Waals surface area contributed by atoms with E-state index in [4.69, 9.17) is 9.47 Å². The van der Waals surface area contributed by atoms with E-state index in [0.29, 0.717) is 6.61 Å². The van der Waals surface area contributed by atoms with Crippen LogP contribution in [0.1, 0.15) is 5.56 Å². The highest BCUT2D eigenvalue weighted by Crippen LogP contribution is 2.32. The Morgan fingerprint density at radius 1 is 1.23 bits per heavy atom. The van der Waals surface area contributed by atoms with Crippen LogP contribution in [0.4, 0.5) is 0 Å². The molecule has 1 radical (unpaired) electrons. The van der Waals surface area contributed by atoms with E-state index in [9.17, 15) is 0 Å². The van der Waals surface area contributed by atoms with Gasteiger partial charge < -0.3 is 9.47 Å². The van der Waals surface area contributed by atoms with Gasteiger partial charge in [0.25, 0.3) is 0 Å². The first-order valence-electron chi connectivity index (χ1n) is 4.34. The van der Waals surface area contributed by atoms with Gasteiger partial charge in [0, 0.05) is 5.56 Å². The van der Waals surface area contributed by atoms with Crippen LogP contribution in [0.15, 0.2) is 29.8 Å². The molecule has 65 valence electrons. The van der Waals surface area contributed by atoms with Crippen LogP contribution in [0.5, 0.6) is 5.75 Å². The van der Waals surface area contributed by atoms with Gasteiger partial charge in [-0.1, -0.05) is 18.2 Å².